The Morgan fingerprint density at radius 3 is 2.69 bits per heavy atom. The van der Waals surface area contributed by atoms with Crippen molar-refractivity contribution in [1.29, 1.82) is 0 Å². The predicted octanol–water partition coefficient (Wildman–Crippen LogP) is 4.67. The van der Waals surface area contributed by atoms with Crippen LogP contribution < -0.4 is 10.2 Å². The average Bonchev–Trinajstić information content (AvgIpc) is 3.19. The van der Waals surface area contributed by atoms with Crippen molar-refractivity contribution in [1.82, 2.24) is 14.8 Å². The van der Waals surface area contributed by atoms with Crippen molar-refractivity contribution in [2.45, 2.75) is 17.3 Å². The molecule has 1 atom stereocenters. The number of hydrogen-bond donors (Lipinski definition) is 1. The summed E-state index contributed by atoms with van der Waals surface area (Å²) in [4.78, 5) is 14.8. The van der Waals surface area contributed by atoms with Crippen molar-refractivity contribution in [2.24, 2.45) is 0 Å². The van der Waals surface area contributed by atoms with Gasteiger partial charge in [-0.25, -0.2) is 4.39 Å². The Kier molecular flexibility index (Phi) is 7.20. The molecule has 1 amide bonds. The SMILES string of the molecule is CC(Sc1nnc(N2CCOCC2)n1-c1cccc(F)c1)C(=O)Nc1ccc(Cl)cc1Cl. The van der Waals surface area contributed by atoms with E-state index in [9.17, 15) is 9.18 Å². The van der Waals surface area contributed by atoms with Gasteiger partial charge in [-0.05, 0) is 43.3 Å². The molecule has 0 spiro atoms. The molecule has 1 fully saturated rings. The molecular formula is C21H20Cl2FN5O2S. The van der Waals surface area contributed by atoms with Crippen molar-refractivity contribution in [3.63, 3.8) is 0 Å². The molecule has 1 saturated heterocycles. The van der Waals surface area contributed by atoms with Crippen molar-refractivity contribution in [2.75, 3.05) is 36.5 Å². The summed E-state index contributed by atoms with van der Waals surface area (Å²) in [6.07, 6.45) is 0. The molecule has 3 aromatic rings. The molecule has 32 heavy (non-hydrogen) atoms. The number of carbonyl (C=O) groups is 1. The summed E-state index contributed by atoms with van der Waals surface area (Å²) in [5.41, 5.74) is 1.04. The van der Waals surface area contributed by atoms with E-state index in [0.717, 1.165) is 0 Å². The number of halogens is 3. The fraction of sp³-hybridized carbons (Fsp3) is 0.286. The van der Waals surface area contributed by atoms with Crippen molar-refractivity contribution < 1.29 is 13.9 Å². The first-order valence-electron chi connectivity index (χ1n) is 9.89. The number of nitrogens with one attached hydrogen (secondary N) is 1. The fourth-order valence-electron chi connectivity index (χ4n) is 3.18. The topological polar surface area (TPSA) is 72.3 Å². The lowest BCUT2D eigenvalue weighted by atomic mass is 10.3. The van der Waals surface area contributed by atoms with Crippen LogP contribution in [0.25, 0.3) is 5.69 Å². The van der Waals surface area contributed by atoms with Crippen LogP contribution >= 0.6 is 35.0 Å². The van der Waals surface area contributed by atoms with E-state index in [1.165, 1.54) is 23.9 Å². The van der Waals surface area contributed by atoms with Gasteiger partial charge in [-0.3, -0.25) is 9.36 Å². The fourth-order valence-corrected chi connectivity index (χ4v) is 4.50. The molecule has 7 nitrogen and oxygen atoms in total. The van der Waals surface area contributed by atoms with E-state index < -0.39 is 5.25 Å². The second-order valence-electron chi connectivity index (χ2n) is 7.07. The highest BCUT2D eigenvalue weighted by atomic mass is 35.5. The average molecular weight is 496 g/mol. The summed E-state index contributed by atoms with van der Waals surface area (Å²) in [6, 6.07) is 11.0. The van der Waals surface area contributed by atoms with E-state index in [1.54, 1.807) is 41.8 Å². The zero-order valence-corrected chi connectivity index (χ0v) is 19.4. The van der Waals surface area contributed by atoms with Crippen LogP contribution in [0.1, 0.15) is 6.92 Å². The number of morpholine rings is 1. The van der Waals surface area contributed by atoms with Gasteiger partial charge in [0.2, 0.25) is 11.9 Å². The minimum atomic E-state index is -0.532. The zero-order chi connectivity index (χ0) is 22.7. The summed E-state index contributed by atoms with van der Waals surface area (Å²) < 4.78 is 21.2. The van der Waals surface area contributed by atoms with Crippen LogP contribution in [-0.4, -0.2) is 52.2 Å². The highest BCUT2D eigenvalue weighted by Gasteiger charge is 2.25. The van der Waals surface area contributed by atoms with Crippen LogP contribution in [0, 0.1) is 5.82 Å². The summed E-state index contributed by atoms with van der Waals surface area (Å²) in [5.74, 6) is -0.0565. The number of amides is 1. The molecule has 2 aromatic carbocycles. The standard InChI is InChI=1S/C21H20Cl2FN5O2S/c1-13(19(30)25-18-6-5-14(22)11-17(18)23)32-21-27-26-20(28-7-9-31-10-8-28)29(21)16-4-2-3-15(24)12-16/h2-6,11-13H,7-10H2,1H3,(H,25,30). The molecule has 0 radical (unpaired) electrons. The number of aromatic nitrogens is 3. The first-order valence-corrected chi connectivity index (χ1v) is 11.5. The number of benzene rings is 2. The molecule has 2 heterocycles. The van der Waals surface area contributed by atoms with E-state index in [2.05, 4.69) is 15.5 Å². The van der Waals surface area contributed by atoms with Crippen LogP contribution in [0.4, 0.5) is 16.0 Å². The van der Waals surface area contributed by atoms with Gasteiger partial charge < -0.3 is 15.0 Å². The van der Waals surface area contributed by atoms with Gasteiger partial charge in [-0.2, -0.15) is 0 Å². The number of rotatable bonds is 6. The van der Waals surface area contributed by atoms with E-state index in [4.69, 9.17) is 27.9 Å². The van der Waals surface area contributed by atoms with E-state index in [1.807, 2.05) is 4.90 Å². The highest BCUT2D eigenvalue weighted by molar-refractivity contribution is 8.00. The number of ether oxygens (including phenoxy) is 1. The quantitative estimate of drug-likeness (QED) is 0.501. The summed E-state index contributed by atoms with van der Waals surface area (Å²) in [7, 11) is 0. The molecule has 11 heteroatoms. The first kappa shape index (κ1) is 22.8. The number of thioether (sulfide) groups is 1. The van der Waals surface area contributed by atoms with Crippen LogP contribution in [0.5, 0.6) is 0 Å². The van der Waals surface area contributed by atoms with Crippen LogP contribution in [0.3, 0.4) is 0 Å². The summed E-state index contributed by atoms with van der Waals surface area (Å²) >= 11 is 13.3. The Labute approximate surface area is 198 Å². The van der Waals surface area contributed by atoms with Gasteiger partial charge in [-0.15, -0.1) is 10.2 Å². The largest absolute Gasteiger partial charge is 0.378 e. The Morgan fingerprint density at radius 1 is 1.19 bits per heavy atom. The van der Waals surface area contributed by atoms with Crippen molar-refractivity contribution in [3.05, 3.63) is 58.3 Å². The highest BCUT2D eigenvalue weighted by Crippen LogP contribution is 2.31. The molecular weight excluding hydrogens is 476 g/mol. The van der Waals surface area contributed by atoms with Gasteiger partial charge in [0.15, 0.2) is 5.16 Å². The molecule has 1 aliphatic rings. The third-order valence-electron chi connectivity index (χ3n) is 4.82. The third kappa shape index (κ3) is 5.17. The van der Waals surface area contributed by atoms with Crippen molar-refractivity contribution in [3.8, 4) is 5.69 Å². The molecule has 1 aliphatic heterocycles. The maximum Gasteiger partial charge on any atom is 0.237 e. The van der Waals surface area contributed by atoms with Gasteiger partial charge in [0.05, 0.1) is 34.9 Å². The normalized spacial score (nSPS) is 14.9. The third-order valence-corrected chi connectivity index (χ3v) is 6.41. The number of hydrogen-bond acceptors (Lipinski definition) is 6. The second kappa shape index (κ2) is 10.1. The minimum absolute atomic E-state index is 0.263. The molecule has 1 unspecified atom stereocenters. The second-order valence-corrected chi connectivity index (χ2v) is 9.22. The van der Waals surface area contributed by atoms with E-state index >= 15 is 0 Å². The van der Waals surface area contributed by atoms with Gasteiger partial charge in [0.1, 0.15) is 5.82 Å². The number of nitrogens with zero attached hydrogens (tertiary/aromatic N) is 4. The van der Waals surface area contributed by atoms with E-state index in [-0.39, 0.29) is 11.7 Å². The van der Waals surface area contributed by atoms with Crippen LogP contribution in [0.2, 0.25) is 10.0 Å². The molecule has 4 rings (SSSR count). The lowest BCUT2D eigenvalue weighted by molar-refractivity contribution is -0.115. The molecule has 0 saturated carbocycles. The Morgan fingerprint density at radius 2 is 1.97 bits per heavy atom. The monoisotopic (exact) mass is 495 g/mol. The van der Waals surface area contributed by atoms with E-state index in [0.29, 0.717) is 58.8 Å². The molecule has 0 bridgehead atoms. The Balaban J connectivity index is 1.59. The van der Waals surface area contributed by atoms with Gasteiger partial charge in [0.25, 0.3) is 0 Å². The minimum Gasteiger partial charge on any atom is -0.378 e. The Bertz CT molecular complexity index is 1120. The zero-order valence-electron chi connectivity index (χ0n) is 17.1. The lowest BCUT2D eigenvalue weighted by Gasteiger charge is -2.28. The Hall–Kier alpha value is -2.33. The predicted molar refractivity (Wildman–Crippen MR) is 125 cm³/mol. The van der Waals surface area contributed by atoms with Gasteiger partial charge >= 0.3 is 0 Å². The molecule has 0 aliphatic carbocycles. The molecule has 1 N–H and O–H groups in total. The van der Waals surface area contributed by atoms with Crippen LogP contribution in [-0.2, 0) is 9.53 Å². The number of carbonyl (C=O) groups excluding carboxylic acids is 1. The van der Waals surface area contributed by atoms with Gasteiger partial charge in [0, 0.05) is 18.1 Å². The molecule has 168 valence electrons. The summed E-state index contributed by atoms with van der Waals surface area (Å²) in [6.45, 7) is 4.17. The van der Waals surface area contributed by atoms with Gasteiger partial charge in [-0.1, -0.05) is 41.0 Å². The molecule has 1 aromatic heterocycles. The first-order chi connectivity index (χ1) is 15.4. The van der Waals surface area contributed by atoms with Crippen LogP contribution in [0.15, 0.2) is 47.6 Å². The number of anilines is 2. The summed E-state index contributed by atoms with van der Waals surface area (Å²) in [5, 5.41) is 12.2. The maximum absolute atomic E-state index is 14.0. The lowest BCUT2D eigenvalue weighted by Crippen LogP contribution is -2.38. The van der Waals surface area contributed by atoms with Crippen molar-refractivity contribution >= 4 is 52.5 Å². The maximum atomic E-state index is 14.0. The smallest absolute Gasteiger partial charge is 0.237 e.